The zero-order valence-electron chi connectivity index (χ0n) is 7.08. The summed E-state index contributed by atoms with van der Waals surface area (Å²) in [4.78, 5) is 11.2. The molecule has 0 aliphatic carbocycles. The van der Waals surface area contributed by atoms with E-state index in [0.29, 0.717) is 5.76 Å². The van der Waals surface area contributed by atoms with Gasteiger partial charge in [-0.25, -0.2) is 0 Å². The average molecular weight is 184 g/mol. The number of unbranched alkanes of at least 4 members (excludes halogenated alkanes) is 1. The Kier molecular flexibility index (Phi) is 3.94. The first-order valence-electron chi connectivity index (χ1n) is 4.05. The van der Waals surface area contributed by atoms with E-state index in [2.05, 4.69) is 6.92 Å². The highest BCUT2D eigenvalue weighted by atomic mass is 32.2. The summed E-state index contributed by atoms with van der Waals surface area (Å²) in [5.74, 6) is 1.34. The lowest BCUT2D eigenvalue weighted by atomic mass is 10.4. The second kappa shape index (κ2) is 5.04. The lowest BCUT2D eigenvalue weighted by Gasteiger charge is -1.94. The minimum Gasteiger partial charge on any atom is -0.460 e. The van der Waals surface area contributed by atoms with Gasteiger partial charge >= 0.3 is 0 Å². The lowest BCUT2D eigenvalue weighted by Crippen LogP contribution is -1.91. The molecule has 0 bridgehead atoms. The summed E-state index contributed by atoms with van der Waals surface area (Å²) < 4.78 is 4.96. The molecule has 1 rings (SSSR count). The molecular formula is C9H12O2S. The van der Waals surface area contributed by atoms with Crippen molar-refractivity contribution in [3.8, 4) is 0 Å². The minimum atomic E-state index is 0.0356. The first-order chi connectivity index (χ1) is 5.84. The van der Waals surface area contributed by atoms with Crippen LogP contribution in [0.2, 0.25) is 0 Å². The fourth-order valence-electron chi connectivity index (χ4n) is 0.775. The van der Waals surface area contributed by atoms with Crippen molar-refractivity contribution in [2.24, 2.45) is 0 Å². The predicted octanol–water partition coefficient (Wildman–Crippen LogP) is 2.95. The molecule has 0 saturated carbocycles. The lowest BCUT2D eigenvalue weighted by molar-refractivity contribution is 0.106. The van der Waals surface area contributed by atoms with Gasteiger partial charge in [-0.1, -0.05) is 25.1 Å². The van der Waals surface area contributed by atoms with Crippen LogP contribution in [0.3, 0.4) is 0 Å². The first kappa shape index (κ1) is 9.39. The van der Waals surface area contributed by atoms with Crippen molar-refractivity contribution in [3.05, 3.63) is 24.2 Å². The fourth-order valence-corrected chi connectivity index (χ4v) is 1.65. The molecule has 0 unspecified atom stereocenters. The van der Waals surface area contributed by atoms with E-state index in [0.717, 1.165) is 18.6 Å². The Morgan fingerprint density at radius 3 is 3.08 bits per heavy atom. The van der Waals surface area contributed by atoms with E-state index in [4.69, 9.17) is 4.42 Å². The maximum absolute atomic E-state index is 11.2. The van der Waals surface area contributed by atoms with Gasteiger partial charge < -0.3 is 4.42 Å². The summed E-state index contributed by atoms with van der Waals surface area (Å²) in [5.41, 5.74) is 0. The van der Waals surface area contributed by atoms with Crippen molar-refractivity contribution >= 4 is 16.9 Å². The highest BCUT2D eigenvalue weighted by Gasteiger charge is 2.07. The standard InChI is InChI=1S/C9H12O2S/c1-2-3-7-12-9(10)8-5-4-6-11-8/h4-6H,2-3,7H2,1H3. The van der Waals surface area contributed by atoms with E-state index in [9.17, 15) is 4.79 Å². The van der Waals surface area contributed by atoms with Crippen molar-refractivity contribution in [1.82, 2.24) is 0 Å². The molecule has 0 aliphatic heterocycles. The van der Waals surface area contributed by atoms with Gasteiger partial charge in [-0.3, -0.25) is 4.79 Å². The number of rotatable bonds is 4. The third kappa shape index (κ3) is 2.74. The topological polar surface area (TPSA) is 30.2 Å². The second-order valence-corrected chi connectivity index (χ2v) is 3.53. The molecule has 0 fully saturated rings. The van der Waals surface area contributed by atoms with Crippen LogP contribution in [-0.2, 0) is 0 Å². The molecular weight excluding hydrogens is 172 g/mol. The first-order valence-corrected chi connectivity index (χ1v) is 5.03. The van der Waals surface area contributed by atoms with E-state index in [-0.39, 0.29) is 5.12 Å². The zero-order chi connectivity index (χ0) is 8.81. The summed E-state index contributed by atoms with van der Waals surface area (Å²) in [7, 11) is 0. The van der Waals surface area contributed by atoms with Crippen LogP contribution in [0.15, 0.2) is 22.8 Å². The molecule has 1 aromatic rings. The van der Waals surface area contributed by atoms with Crippen molar-refractivity contribution in [2.75, 3.05) is 5.75 Å². The quantitative estimate of drug-likeness (QED) is 0.674. The molecule has 0 aliphatic rings. The van der Waals surface area contributed by atoms with Crippen molar-refractivity contribution in [3.63, 3.8) is 0 Å². The third-order valence-corrected chi connectivity index (χ3v) is 2.41. The largest absolute Gasteiger partial charge is 0.460 e. The van der Waals surface area contributed by atoms with E-state index in [1.54, 1.807) is 12.1 Å². The van der Waals surface area contributed by atoms with Crippen LogP contribution in [0.5, 0.6) is 0 Å². The Morgan fingerprint density at radius 2 is 2.50 bits per heavy atom. The average Bonchev–Trinajstić information content (AvgIpc) is 2.56. The van der Waals surface area contributed by atoms with Gasteiger partial charge in [0.2, 0.25) is 0 Å². The molecule has 3 heteroatoms. The summed E-state index contributed by atoms with van der Waals surface area (Å²) in [6.07, 6.45) is 3.73. The second-order valence-electron chi connectivity index (χ2n) is 2.47. The number of furan rings is 1. The van der Waals surface area contributed by atoms with E-state index in [1.165, 1.54) is 18.0 Å². The molecule has 0 spiro atoms. The molecule has 0 radical (unpaired) electrons. The van der Waals surface area contributed by atoms with Crippen LogP contribution in [0.1, 0.15) is 30.3 Å². The van der Waals surface area contributed by atoms with E-state index in [1.807, 2.05) is 0 Å². The summed E-state index contributed by atoms with van der Waals surface area (Å²) >= 11 is 1.33. The van der Waals surface area contributed by atoms with Crippen LogP contribution in [-0.4, -0.2) is 10.9 Å². The minimum absolute atomic E-state index is 0.0356. The van der Waals surface area contributed by atoms with Gasteiger partial charge in [-0.15, -0.1) is 0 Å². The van der Waals surface area contributed by atoms with Crippen molar-refractivity contribution < 1.29 is 9.21 Å². The monoisotopic (exact) mass is 184 g/mol. The Labute approximate surface area is 76.3 Å². The summed E-state index contributed by atoms with van der Waals surface area (Å²) in [6, 6.07) is 3.43. The zero-order valence-corrected chi connectivity index (χ0v) is 7.89. The highest BCUT2D eigenvalue weighted by molar-refractivity contribution is 8.14. The number of thioether (sulfide) groups is 1. The molecule has 0 amide bonds. The van der Waals surface area contributed by atoms with Crippen LogP contribution in [0, 0.1) is 0 Å². The Bertz CT molecular complexity index is 229. The molecule has 0 saturated heterocycles. The maximum Gasteiger partial charge on any atom is 0.254 e. The molecule has 2 nitrogen and oxygen atoms in total. The molecule has 1 heterocycles. The Hall–Kier alpha value is -0.700. The normalized spacial score (nSPS) is 10.1. The molecule has 1 aromatic heterocycles. The third-order valence-electron chi connectivity index (χ3n) is 1.45. The van der Waals surface area contributed by atoms with Crippen molar-refractivity contribution in [2.45, 2.75) is 19.8 Å². The molecule has 0 aromatic carbocycles. The van der Waals surface area contributed by atoms with Gasteiger partial charge in [-0.2, -0.15) is 0 Å². The van der Waals surface area contributed by atoms with Gasteiger partial charge in [0.25, 0.3) is 5.12 Å². The van der Waals surface area contributed by atoms with E-state index < -0.39 is 0 Å². The number of carbonyl (C=O) groups excluding carboxylic acids is 1. The SMILES string of the molecule is CCCCSC(=O)c1ccco1. The molecule has 66 valence electrons. The van der Waals surface area contributed by atoms with Crippen LogP contribution in [0.25, 0.3) is 0 Å². The van der Waals surface area contributed by atoms with Crippen LogP contribution in [0.4, 0.5) is 0 Å². The number of hydrogen-bond acceptors (Lipinski definition) is 3. The van der Waals surface area contributed by atoms with E-state index >= 15 is 0 Å². The predicted molar refractivity (Wildman–Crippen MR) is 50.4 cm³/mol. The van der Waals surface area contributed by atoms with Crippen LogP contribution < -0.4 is 0 Å². The van der Waals surface area contributed by atoms with Gasteiger partial charge in [0.05, 0.1) is 6.26 Å². The fraction of sp³-hybridized carbons (Fsp3) is 0.444. The van der Waals surface area contributed by atoms with Gasteiger partial charge in [0.15, 0.2) is 5.76 Å². The maximum atomic E-state index is 11.2. The smallest absolute Gasteiger partial charge is 0.254 e. The number of carbonyl (C=O) groups is 1. The van der Waals surface area contributed by atoms with Crippen LogP contribution >= 0.6 is 11.8 Å². The molecule has 0 N–H and O–H groups in total. The Balaban J connectivity index is 2.30. The molecule has 12 heavy (non-hydrogen) atoms. The van der Waals surface area contributed by atoms with Gasteiger partial charge in [-0.05, 0) is 18.6 Å². The van der Waals surface area contributed by atoms with Gasteiger partial charge in [0.1, 0.15) is 0 Å². The summed E-state index contributed by atoms with van der Waals surface area (Å²) in [5, 5.41) is 0.0356. The van der Waals surface area contributed by atoms with Crippen molar-refractivity contribution in [1.29, 1.82) is 0 Å². The number of hydrogen-bond donors (Lipinski definition) is 0. The van der Waals surface area contributed by atoms with Gasteiger partial charge in [0, 0.05) is 5.75 Å². The summed E-state index contributed by atoms with van der Waals surface area (Å²) in [6.45, 7) is 2.11. The highest BCUT2D eigenvalue weighted by Crippen LogP contribution is 2.13. The molecule has 0 atom stereocenters. The Morgan fingerprint density at radius 1 is 1.67 bits per heavy atom.